The first kappa shape index (κ1) is 13.6. The van der Waals surface area contributed by atoms with Crippen LogP contribution in [-0.2, 0) is 10.5 Å². The third-order valence-corrected chi connectivity index (χ3v) is 4.43. The van der Waals surface area contributed by atoms with Crippen molar-refractivity contribution in [3.63, 3.8) is 0 Å². The molecule has 4 rings (SSSR count). The Hall–Kier alpha value is -2.04. The summed E-state index contributed by atoms with van der Waals surface area (Å²) in [7, 11) is 0. The lowest BCUT2D eigenvalue weighted by Gasteiger charge is -2.42. The van der Waals surface area contributed by atoms with E-state index in [1.165, 1.54) is 0 Å². The van der Waals surface area contributed by atoms with Crippen LogP contribution < -0.4 is 5.32 Å². The van der Waals surface area contributed by atoms with Crippen molar-refractivity contribution in [1.82, 2.24) is 4.90 Å². The molecule has 0 bridgehead atoms. The van der Waals surface area contributed by atoms with Crippen molar-refractivity contribution in [3.8, 4) is 0 Å². The van der Waals surface area contributed by atoms with Crippen LogP contribution in [0, 0.1) is 0 Å². The fourth-order valence-corrected chi connectivity index (χ4v) is 3.52. The molecule has 4 nitrogen and oxygen atoms in total. The molecule has 22 heavy (non-hydrogen) atoms. The van der Waals surface area contributed by atoms with Gasteiger partial charge in [-0.3, -0.25) is 4.90 Å². The molecular weight excluding hydrogens is 300 g/mol. The van der Waals surface area contributed by atoms with Crippen LogP contribution in [0.1, 0.15) is 18.1 Å². The summed E-state index contributed by atoms with van der Waals surface area (Å²) in [5.41, 5.74) is 1.62. The molecule has 1 saturated heterocycles. The molecule has 112 valence electrons. The predicted octanol–water partition coefficient (Wildman–Crippen LogP) is 3.81. The molecule has 1 N–H and O–H groups in total. The van der Waals surface area contributed by atoms with Crippen LogP contribution in [0.4, 0.5) is 10.5 Å². The molecule has 0 aromatic heterocycles. The number of carbonyl (C=O) groups is 1. The number of hydrogen-bond donors (Lipinski definition) is 1. The summed E-state index contributed by atoms with van der Waals surface area (Å²) in [6.45, 7) is 2.51. The van der Waals surface area contributed by atoms with Crippen molar-refractivity contribution < 1.29 is 9.53 Å². The number of carbonyl (C=O) groups excluding carboxylic acids is 1. The van der Waals surface area contributed by atoms with Crippen LogP contribution in [-0.4, -0.2) is 23.6 Å². The molecule has 2 aromatic rings. The first-order chi connectivity index (χ1) is 10.6. The van der Waals surface area contributed by atoms with Gasteiger partial charge in [-0.25, -0.2) is 4.79 Å². The second kappa shape index (κ2) is 4.73. The zero-order valence-electron chi connectivity index (χ0n) is 12.0. The van der Waals surface area contributed by atoms with Gasteiger partial charge in [-0.15, -0.1) is 0 Å². The summed E-state index contributed by atoms with van der Waals surface area (Å²) in [6, 6.07) is 15.1. The second-order valence-electron chi connectivity index (χ2n) is 5.67. The van der Waals surface area contributed by atoms with Gasteiger partial charge in [0.2, 0.25) is 0 Å². The van der Waals surface area contributed by atoms with Crippen molar-refractivity contribution >= 4 is 23.3 Å². The third-order valence-electron chi connectivity index (χ3n) is 4.19. The van der Waals surface area contributed by atoms with E-state index in [1.807, 2.05) is 49.4 Å². The van der Waals surface area contributed by atoms with E-state index in [9.17, 15) is 4.79 Å². The van der Waals surface area contributed by atoms with Gasteiger partial charge < -0.3 is 10.1 Å². The van der Waals surface area contributed by atoms with E-state index in [4.69, 9.17) is 16.3 Å². The average Bonchev–Trinajstić information content (AvgIpc) is 2.89. The number of anilines is 1. The van der Waals surface area contributed by atoms with Crippen molar-refractivity contribution in [2.75, 3.05) is 11.9 Å². The summed E-state index contributed by atoms with van der Waals surface area (Å²) in [6.07, 6.45) is -0.0594. The molecule has 0 aliphatic carbocycles. The smallest absolute Gasteiger partial charge is 0.324 e. The second-order valence-corrected chi connectivity index (χ2v) is 6.11. The maximum atomic E-state index is 12.5. The number of rotatable bonds is 1. The number of benzene rings is 2. The number of hydrogen-bond acceptors (Lipinski definition) is 2. The fourth-order valence-electron chi connectivity index (χ4n) is 3.34. The zero-order valence-corrected chi connectivity index (χ0v) is 12.8. The highest BCUT2D eigenvalue weighted by molar-refractivity contribution is 6.30. The normalized spacial score (nSPS) is 26.4. The van der Waals surface area contributed by atoms with E-state index < -0.39 is 5.72 Å². The molecule has 1 fully saturated rings. The van der Waals surface area contributed by atoms with Gasteiger partial charge >= 0.3 is 6.03 Å². The maximum absolute atomic E-state index is 12.5. The van der Waals surface area contributed by atoms with Crippen LogP contribution in [0.25, 0.3) is 0 Å². The highest BCUT2D eigenvalue weighted by atomic mass is 35.5. The highest BCUT2D eigenvalue weighted by Crippen LogP contribution is 2.48. The Balaban J connectivity index is 2.03. The van der Waals surface area contributed by atoms with Gasteiger partial charge in [0.1, 0.15) is 0 Å². The molecule has 2 amide bonds. The molecule has 0 spiro atoms. The van der Waals surface area contributed by atoms with Crippen molar-refractivity contribution in [2.45, 2.75) is 18.8 Å². The van der Waals surface area contributed by atoms with E-state index in [1.54, 1.807) is 11.0 Å². The lowest BCUT2D eigenvalue weighted by Crippen LogP contribution is -2.52. The summed E-state index contributed by atoms with van der Waals surface area (Å²) >= 11 is 6.20. The summed E-state index contributed by atoms with van der Waals surface area (Å²) in [5.74, 6) is 0. The Morgan fingerprint density at radius 2 is 2.05 bits per heavy atom. The SMILES string of the molecule is CC1CN2C(=O)Nc3ccc(Cl)cc3C2(c2ccccc2)O1. The van der Waals surface area contributed by atoms with Crippen molar-refractivity contribution in [2.24, 2.45) is 0 Å². The Kier molecular flexibility index (Phi) is 2.93. The highest BCUT2D eigenvalue weighted by Gasteiger charge is 2.54. The molecule has 0 saturated carbocycles. The van der Waals surface area contributed by atoms with Crippen molar-refractivity contribution in [1.29, 1.82) is 0 Å². The van der Waals surface area contributed by atoms with Gasteiger partial charge in [-0.05, 0) is 25.1 Å². The molecule has 2 unspecified atom stereocenters. The van der Waals surface area contributed by atoms with Gasteiger partial charge in [0.25, 0.3) is 0 Å². The Bertz CT molecular complexity index is 750. The molecule has 0 radical (unpaired) electrons. The maximum Gasteiger partial charge on any atom is 0.324 e. The number of halogens is 1. The third kappa shape index (κ3) is 1.77. The average molecular weight is 315 g/mol. The van der Waals surface area contributed by atoms with Crippen LogP contribution >= 0.6 is 11.6 Å². The predicted molar refractivity (Wildman–Crippen MR) is 84.9 cm³/mol. The van der Waals surface area contributed by atoms with Crippen LogP contribution in [0.2, 0.25) is 5.02 Å². The molecule has 2 aliphatic heterocycles. The molecule has 2 aliphatic rings. The van der Waals surface area contributed by atoms with E-state index in [2.05, 4.69) is 5.32 Å². The largest absolute Gasteiger partial charge is 0.342 e. The number of ether oxygens (including phenoxy) is 1. The topological polar surface area (TPSA) is 41.6 Å². The number of urea groups is 1. The number of fused-ring (bicyclic) bond motifs is 3. The Morgan fingerprint density at radius 3 is 2.82 bits per heavy atom. The molecule has 5 heteroatoms. The van der Waals surface area contributed by atoms with Crippen LogP contribution in [0.5, 0.6) is 0 Å². The minimum Gasteiger partial charge on any atom is -0.342 e. The first-order valence-corrected chi connectivity index (χ1v) is 7.61. The number of nitrogens with one attached hydrogen (secondary N) is 1. The van der Waals surface area contributed by atoms with E-state index in [-0.39, 0.29) is 12.1 Å². The standard InChI is InChI=1S/C17H15ClN2O2/c1-11-10-20-16(21)19-15-8-7-13(18)9-14(15)17(20,22-11)12-5-3-2-4-6-12/h2-9,11H,10H2,1H3,(H,19,21). The Morgan fingerprint density at radius 1 is 1.27 bits per heavy atom. The van der Waals surface area contributed by atoms with E-state index in [0.717, 1.165) is 16.8 Å². The molecule has 2 aromatic carbocycles. The lowest BCUT2D eigenvalue weighted by molar-refractivity contribution is -0.0577. The first-order valence-electron chi connectivity index (χ1n) is 7.23. The van der Waals surface area contributed by atoms with Gasteiger partial charge in [0, 0.05) is 16.1 Å². The zero-order chi connectivity index (χ0) is 15.3. The van der Waals surface area contributed by atoms with Gasteiger partial charge in [0.05, 0.1) is 18.3 Å². The van der Waals surface area contributed by atoms with Crippen LogP contribution in [0.15, 0.2) is 48.5 Å². The minimum absolute atomic E-state index is 0.0594. The van der Waals surface area contributed by atoms with Crippen molar-refractivity contribution in [3.05, 3.63) is 64.7 Å². The molecule has 2 heterocycles. The summed E-state index contributed by atoms with van der Waals surface area (Å²) in [4.78, 5) is 14.3. The van der Waals surface area contributed by atoms with E-state index >= 15 is 0 Å². The van der Waals surface area contributed by atoms with E-state index in [0.29, 0.717) is 11.6 Å². The van der Waals surface area contributed by atoms with Gasteiger partial charge in [0.15, 0.2) is 5.72 Å². The summed E-state index contributed by atoms with van der Waals surface area (Å²) in [5, 5.41) is 3.54. The molecular formula is C17H15ClN2O2. The van der Waals surface area contributed by atoms with Gasteiger partial charge in [-0.2, -0.15) is 0 Å². The number of amides is 2. The fraction of sp³-hybridized carbons (Fsp3) is 0.235. The lowest BCUT2D eigenvalue weighted by atomic mass is 9.90. The number of nitrogens with zero attached hydrogens (tertiary/aromatic N) is 1. The minimum atomic E-state index is -0.913. The monoisotopic (exact) mass is 314 g/mol. The molecule has 2 atom stereocenters. The van der Waals surface area contributed by atoms with Crippen LogP contribution in [0.3, 0.4) is 0 Å². The Labute approximate surface area is 133 Å². The quantitative estimate of drug-likeness (QED) is 0.869. The summed E-state index contributed by atoms with van der Waals surface area (Å²) < 4.78 is 6.30. The van der Waals surface area contributed by atoms with Gasteiger partial charge in [-0.1, -0.05) is 41.9 Å².